The number of hydrogen-bond donors (Lipinski definition) is 0. The number of aromatic nitrogens is 2. The molecule has 1 aliphatic heterocycles. The van der Waals surface area contributed by atoms with Crippen LogP contribution in [0.5, 0.6) is 0 Å². The fraction of sp³-hybridized carbons (Fsp3) is 0.667. The Labute approximate surface area is 95.9 Å². The molecule has 0 bridgehead atoms. The molecule has 1 unspecified atom stereocenters. The van der Waals surface area contributed by atoms with Crippen molar-refractivity contribution < 1.29 is 0 Å². The van der Waals surface area contributed by atoms with Crippen LogP contribution >= 0.6 is 0 Å². The second-order valence-electron chi connectivity index (χ2n) is 4.51. The highest BCUT2D eigenvalue weighted by Crippen LogP contribution is 2.17. The first-order valence-electron chi connectivity index (χ1n) is 5.99. The summed E-state index contributed by atoms with van der Waals surface area (Å²) in [5, 5.41) is 0. The Balaban J connectivity index is 1.92. The van der Waals surface area contributed by atoms with Crippen molar-refractivity contribution in [1.82, 2.24) is 14.5 Å². The zero-order chi connectivity index (χ0) is 11.4. The topological polar surface area (TPSA) is 38.1 Å². The molecule has 1 saturated heterocycles. The lowest BCUT2D eigenvalue weighted by Crippen LogP contribution is -2.37. The predicted octanol–water partition coefficient (Wildman–Crippen LogP) is 1.12. The van der Waals surface area contributed by atoms with E-state index in [-0.39, 0.29) is 5.69 Å². The van der Waals surface area contributed by atoms with Crippen molar-refractivity contribution in [2.24, 2.45) is 0 Å². The summed E-state index contributed by atoms with van der Waals surface area (Å²) in [6.07, 6.45) is 8.29. The lowest BCUT2D eigenvalue weighted by Gasteiger charge is -2.32. The fourth-order valence-corrected chi connectivity index (χ4v) is 2.35. The second kappa shape index (κ2) is 5.25. The molecule has 1 fully saturated rings. The monoisotopic (exact) mass is 221 g/mol. The van der Waals surface area contributed by atoms with Gasteiger partial charge in [-0.25, -0.2) is 9.78 Å². The molecular weight excluding hydrogens is 202 g/mol. The van der Waals surface area contributed by atoms with E-state index in [0.29, 0.717) is 6.04 Å². The normalized spacial score (nSPS) is 22.2. The van der Waals surface area contributed by atoms with E-state index in [1.54, 1.807) is 10.8 Å². The van der Waals surface area contributed by atoms with Gasteiger partial charge >= 0.3 is 5.69 Å². The SMILES string of the molecule is CN1CCCCC1CCn1cccnc1=O. The summed E-state index contributed by atoms with van der Waals surface area (Å²) in [5.41, 5.74) is -0.138. The molecular formula is C12H19N3O. The first-order valence-corrected chi connectivity index (χ1v) is 5.99. The van der Waals surface area contributed by atoms with Crippen molar-refractivity contribution >= 4 is 0 Å². The number of nitrogens with zero attached hydrogens (tertiary/aromatic N) is 3. The Bertz CT molecular complexity index is 388. The van der Waals surface area contributed by atoms with E-state index in [0.717, 1.165) is 13.0 Å². The Hall–Kier alpha value is -1.16. The molecule has 2 heterocycles. The first kappa shape index (κ1) is 11.3. The van der Waals surface area contributed by atoms with Crippen molar-refractivity contribution in [2.45, 2.75) is 38.3 Å². The summed E-state index contributed by atoms with van der Waals surface area (Å²) in [6.45, 7) is 1.97. The maximum Gasteiger partial charge on any atom is 0.347 e. The minimum absolute atomic E-state index is 0.138. The minimum atomic E-state index is -0.138. The van der Waals surface area contributed by atoms with Gasteiger partial charge in [0.25, 0.3) is 0 Å². The molecule has 4 nitrogen and oxygen atoms in total. The molecule has 1 aromatic rings. The van der Waals surface area contributed by atoms with Crippen molar-refractivity contribution in [1.29, 1.82) is 0 Å². The van der Waals surface area contributed by atoms with Gasteiger partial charge in [0.05, 0.1) is 0 Å². The first-order chi connectivity index (χ1) is 7.77. The molecule has 0 aliphatic carbocycles. The van der Waals surface area contributed by atoms with Crippen LogP contribution in [-0.2, 0) is 6.54 Å². The Kier molecular flexibility index (Phi) is 3.72. The largest absolute Gasteiger partial charge is 0.347 e. The lowest BCUT2D eigenvalue weighted by atomic mass is 10.0. The molecule has 1 atom stereocenters. The number of rotatable bonds is 3. The van der Waals surface area contributed by atoms with Gasteiger partial charge in [0.2, 0.25) is 0 Å². The molecule has 0 spiro atoms. The van der Waals surface area contributed by atoms with Gasteiger partial charge < -0.3 is 4.90 Å². The van der Waals surface area contributed by atoms with E-state index in [9.17, 15) is 4.79 Å². The molecule has 1 aromatic heterocycles. The summed E-state index contributed by atoms with van der Waals surface area (Å²) in [4.78, 5) is 17.6. The van der Waals surface area contributed by atoms with Gasteiger partial charge in [-0.2, -0.15) is 0 Å². The molecule has 0 saturated carbocycles. The zero-order valence-electron chi connectivity index (χ0n) is 9.80. The van der Waals surface area contributed by atoms with E-state index in [1.807, 2.05) is 12.3 Å². The van der Waals surface area contributed by atoms with Crippen LogP contribution in [0.3, 0.4) is 0 Å². The number of aryl methyl sites for hydroxylation is 1. The summed E-state index contributed by atoms with van der Waals surface area (Å²) < 4.78 is 1.70. The molecule has 0 N–H and O–H groups in total. The highest BCUT2D eigenvalue weighted by Gasteiger charge is 2.18. The van der Waals surface area contributed by atoms with E-state index < -0.39 is 0 Å². The number of hydrogen-bond acceptors (Lipinski definition) is 3. The van der Waals surface area contributed by atoms with Crippen LogP contribution in [-0.4, -0.2) is 34.1 Å². The van der Waals surface area contributed by atoms with Gasteiger partial charge in [-0.15, -0.1) is 0 Å². The minimum Gasteiger partial charge on any atom is -0.303 e. The molecule has 0 radical (unpaired) electrons. The number of piperidine rings is 1. The van der Waals surface area contributed by atoms with Crippen LogP contribution in [0.1, 0.15) is 25.7 Å². The molecule has 0 aromatic carbocycles. The van der Waals surface area contributed by atoms with Crippen molar-refractivity contribution in [2.75, 3.05) is 13.6 Å². The smallest absolute Gasteiger partial charge is 0.303 e. The summed E-state index contributed by atoms with van der Waals surface area (Å²) in [6, 6.07) is 2.44. The molecule has 2 rings (SSSR count). The predicted molar refractivity (Wildman–Crippen MR) is 63.4 cm³/mol. The highest BCUT2D eigenvalue weighted by molar-refractivity contribution is 4.82. The molecule has 88 valence electrons. The van der Waals surface area contributed by atoms with Crippen LogP contribution in [0.15, 0.2) is 23.3 Å². The lowest BCUT2D eigenvalue weighted by molar-refractivity contribution is 0.170. The van der Waals surface area contributed by atoms with Crippen LogP contribution < -0.4 is 5.69 Å². The third-order valence-electron chi connectivity index (χ3n) is 3.41. The van der Waals surface area contributed by atoms with Crippen LogP contribution in [0, 0.1) is 0 Å². The van der Waals surface area contributed by atoms with Gasteiger partial charge in [-0.3, -0.25) is 4.57 Å². The van der Waals surface area contributed by atoms with Crippen molar-refractivity contribution in [3.63, 3.8) is 0 Å². The summed E-state index contributed by atoms with van der Waals surface area (Å²) in [5.74, 6) is 0. The molecule has 1 aliphatic rings. The molecule has 0 amide bonds. The number of likely N-dealkylation sites (tertiary alicyclic amines) is 1. The third-order valence-corrected chi connectivity index (χ3v) is 3.41. The standard InChI is InChI=1S/C12H19N3O/c1-14-8-3-2-5-11(14)6-10-15-9-4-7-13-12(15)16/h4,7,9,11H,2-3,5-6,8,10H2,1H3. The van der Waals surface area contributed by atoms with E-state index in [1.165, 1.54) is 25.8 Å². The third kappa shape index (κ3) is 2.70. The highest BCUT2D eigenvalue weighted by atomic mass is 16.1. The Morgan fingerprint density at radius 1 is 1.50 bits per heavy atom. The van der Waals surface area contributed by atoms with Gasteiger partial charge in [0.1, 0.15) is 0 Å². The Morgan fingerprint density at radius 3 is 3.12 bits per heavy atom. The zero-order valence-corrected chi connectivity index (χ0v) is 9.80. The van der Waals surface area contributed by atoms with Crippen LogP contribution in [0.25, 0.3) is 0 Å². The van der Waals surface area contributed by atoms with Gasteiger partial charge in [0.15, 0.2) is 0 Å². The maximum absolute atomic E-state index is 11.4. The molecule has 4 heteroatoms. The van der Waals surface area contributed by atoms with E-state index >= 15 is 0 Å². The Morgan fingerprint density at radius 2 is 2.38 bits per heavy atom. The van der Waals surface area contributed by atoms with Gasteiger partial charge in [-0.05, 0) is 38.9 Å². The maximum atomic E-state index is 11.4. The van der Waals surface area contributed by atoms with E-state index in [4.69, 9.17) is 0 Å². The quantitative estimate of drug-likeness (QED) is 0.767. The average Bonchev–Trinajstić information content (AvgIpc) is 2.30. The van der Waals surface area contributed by atoms with Gasteiger partial charge in [-0.1, -0.05) is 6.42 Å². The van der Waals surface area contributed by atoms with Crippen molar-refractivity contribution in [3.8, 4) is 0 Å². The molecule has 16 heavy (non-hydrogen) atoms. The van der Waals surface area contributed by atoms with E-state index in [2.05, 4.69) is 16.9 Å². The van der Waals surface area contributed by atoms with Crippen molar-refractivity contribution in [3.05, 3.63) is 28.9 Å². The van der Waals surface area contributed by atoms with Crippen LogP contribution in [0.2, 0.25) is 0 Å². The average molecular weight is 221 g/mol. The summed E-state index contributed by atoms with van der Waals surface area (Å²) in [7, 11) is 2.18. The van der Waals surface area contributed by atoms with Gasteiger partial charge in [0, 0.05) is 25.0 Å². The van der Waals surface area contributed by atoms with Crippen LogP contribution in [0.4, 0.5) is 0 Å². The summed E-state index contributed by atoms with van der Waals surface area (Å²) >= 11 is 0. The fourth-order valence-electron chi connectivity index (χ4n) is 2.35. The second-order valence-corrected chi connectivity index (χ2v) is 4.51.